The van der Waals surface area contributed by atoms with Gasteiger partial charge in [-0.25, -0.2) is 9.59 Å². The second-order valence-electron chi connectivity index (χ2n) is 6.04. The van der Waals surface area contributed by atoms with E-state index in [9.17, 15) is 14.7 Å². The molecular formula is C20H20O6. The molecule has 3 rings (SSSR count). The highest BCUT2D eigenvalue weighted by Crippen LogP contribution is 2.22. The van der Waals surface area contributed by atoms with Crippen molar-refractivity contribution in [2.24, 2.45) is 0 Å². The summed E-state index contributed by atoms with van der Waals surface area (Å²) in [5, 5.41) is 9.86. The zero-order valence-corrected chi connectivity index (χ0v) is 14.1. The molecule has 1 aliphatic heterocycles. The van der Waals surface area contributed by atoms with E-state index in [0.29, 0.717) is 17.5 Å². The van der Waals surface area contributed by atoms with Crippen molar-refractivity contribution in [3.63, 3.8) is 0 Å². The Kier molecular flexibility index (Phi) is 5.99. The Morgan fingerprint density at radius 3 is 2.12 bits per heavy atom. The van der Waals surface area contributed by atoms with E-state index in [0.717, 1.165) is 0 Å². The van der Waals surface area contributed by atoms with E-state index in [1.54, 1.807) is 48.5 Å². The van der Waals surface area contributed by atoms with Crippen LogP contribution in [-0.2, 0) is 14.2 Å². The molecule has 1 fully saturated rings. The highest BCUT2D eigenvalue weighted by atomic mass is 16.6. The Hall–Kier alpha value is -2.70. The van der Waals surface area contributed by atoms with Crippen LogP contribution < -0.4 is 0 Å². The maximum atomic E-state index is 12.1. The molecule has 26 heavy (non-hydrogen) atoms. The molecule has 1 aliphatic rings. The predicted octanol–water partition coefficient (Wildman–Crippen LogP) is 2.57. The number of benzene rings is 2. The molecule has 0 aromatic heterocycles. The largest absolute Gasteiger partial charge is 0.459 e. The monoisotopic (exact) mass is 356 g/mol. The van der Waals surface area contributed by atoms with Crippen molar-refractivity contribution in [1.29, 1.82) is 0 Å². The molecular weight excluding hydrogens is 336 g/mol. The molecule has 0 radical (unpaired) electrons. The van der Waals surface area contributed by atoms with E-state index >= 15 is 0 Å². The molecule has 2 aromatic rings. The van der Waals surface area contributed by atoms with Crippen molar-refractivity contribution in [2.75, 3.05) is 6.61 Å². The molecule has 6 nitrogen and oxygen atoms in total. The molecule has 0 aliphatic carbocycles. The Morgan fingerprint density at radius 1 is 0.923 bits per heavy atom. The van der Waals surface area contributed by atoms with Crippen LogP contribution in [-0.4, -0.2) is 42.1 Å². The average Bonchev–Trinajstić information content (AvgIpc) is 2.67. The number of hydrogen-bond donors (Lipinski definition) is 1. The van der Waals surface area contributed by atoms with Crippen LogP contribution in [0.3, 0.4) is 0 Å². The summed E-state index contributed by atoms with van der Waals surface area (Å²) in [6.45, 7) is -0.0236. The number of rotatable bonds is 5. The van der Waals surface area contributed by atoms with Gasteiger partial charge in [-0.2, -0.15) is 0 Å². The topological polar surface area (TPSA) is 82.1 Å². The second kappa shape index (κ2) is 8.60. The van der Waals surface area contributed by atoms with Crippen LogP contribution in [0.2, 0.25) is 0 Å². The van der Waals surface area contributed by atoms with Crippen molar-refractivity contribution < 1.29 is 28.9 Å². The highest BCUT2D eigenvalue weighted by Gasteiger charge is 2.32. The van der Waals surface area contributed by atoms with Crippen molar-refractivity contribution in [3.8, 4) is 0 Å². The lowest BCUT2D eigenvalue weighted by Gasteiger charge is -2.32. The van der Waals surface area contributed by atoms with E-state index in [2.05, 4.69) is 0 Å². The van der Waals surface area contributed by atoms with Crippen LogP contribution in [0.5, 0.6) is 0 Å². The molecule has 136 valence electrons. The standard InChI is InChI=1S/C20H20O6/c21-18-12-16(26-20(23)15-9-5-2-6-10-15)11-17(25-18)13-24-19(22)14-7-3-1-4-8-14/h1-10,16-18,21H,11-13H2. The molecule has 3 atom stereocenters. The van der Waals surface area contributed by atoms with E-state index in [1.807, 2.05) is 12.1 Å². The summed E-state index contributed by atoms with van der Waals surface area (Å²) in [6, 6.07) is 17.3. The van der Waals surface area contributed by atoms with Crippen LogP contribution >= 0.6 is 0 Å². The normalized spacial score (nSPS) is 22.4. The number of esters is 2. The Labute approximate surface area is 151 Å². The van der Waals surface area contributed by atoms with Crippen molar-refractivity contribution >= 4 is 11.9 Å². The SMILES string of the molecule is O=C(OCC1CC(OC(=O)c2ccccc2)CC(O)O1)c1ccccc1. The maximum absolute atomic E-state index is 12.1. The molecule has 1 N–H and O–H groups in total. The molecule has 2 aromatic carbocycles. The van der Waals surface area contributed by atoms with Gasteiger partial charge >= 0.3 is 11.9 Å². The fourth-order valence-corrected chi connectivity index (χ4v) is 2.77. The first-order valence-corrected chi connectivity index (χ1v) is 8.43. The summed E-state index contributed by atoms with van der Waals surface area (Å²) in [7, 11) is 0. The Balaban J connectivity index is 1.53. The average molecular weight is 356 g/mol. The van der Waals surface area contributed by atoms with E-state index in [-0.39, 0.29) is 13.0 Å². The molecule has 6 heteroatoms. The van der Waals surface area contributed by atoms with Crippen molar-refractivity contribution in [3.05, 3.63) is 71.8 Å². The van der Waals surface area contributed by atoms with Crippen LogP contribution in [0, 0.1) is 0 Å². The van der Waals surface area contributed by atoms with E-state index in [4.69, 9.17) is 14.2 Å². The van der Waals surface area contributed by atoms with Gasteiger partial charge in [0.25, 0.3) is 0 Å². The zero-order valence-electron chi connectivity index (χ0n) is 14.1. The van der Waals surface area contributed by atoms with Gasteiger partial charge in [0.05, 0.1) is 17.2 Å². The minimum absolute atomic E-state index is 0.0236. The summed E-state index contributed by atoms with van der Waals surface area (Å²) in [6.07, 6.45) is -1.59. The van der Waals surface area contributed by atoms with Crippen LogP contribution in [0.1, 0.15) is 33.6 Å². The molecule has 0 saturated carbocycles. The lowest BCUT2D eigenvalue weighted by molar-refractivity contribution is -0.197. The van der Waals surface area contributed by atoms with Gasteiger partial charge in [-0.3, -0.25) is 0 Å². The third-order valence-electron chi connectivity index (χ3n) is 4.03. The first-order valence-electron chi connectivity index (χ1n) is 8.43. The summed E-state index contributed by atoms with van der Waals surface area (Å²) < 4.78 is 16.1. The first kappa shape index (κ1) is 18.1. The van der Waals surface area contributed by atoms with Crippen molar-refractivity contribution in [1.82, 2.24) is 0 Å². The third-order valence-corrected chi connectivity index (χ3v) is 4.03. The van der Waals surface area contributed by atoms with Gasteiger partial charge in [0.15, 0.2) is 6.29 Å². The van der Waals surface area contributed by atoms with Gasteiger partial charge in [-0.05, 0) is 24.3 Å². The summed E-state index contributed by atoms with van der Waals surface area (Å²) in [4.78, 5) is 24.1. The maximum Gasteiger partial charge on any atom is 0.338 e. The fraction of sp³-hybridized carbons (Fsp3) is 0.300. The van der Waals surface area contributed by atoms with Gasteiger partial charge in [-0.1, -0.05) is 36.4 Å². The number of ether oxygens (including phenoxy) is 3. The lowest BCUT2D eigenvalue weighted by atomic mass is 10.1. The molecule has 1 saturated heterocycles. The number of aliphatic hydroxyl groups is 1. The quantitative estimate of drug-likeness (QED) is 0.829. The first-order chi connectivity index (χ1) is 12.6. The van der Waals surface area contributed by atoms with Gasteiger partial charge in [0, 0.05) is 12.8 Å². The van der Waals surface area contributed by atoms with E-state index < -0.39 is 30.4 Å². The van der Waals surface area contributed by atoms with Crippen molar-refractivity contribution in [2.45, 2.75) is 31.3 Å². The number of carbonyl (C=O) groups excluding carboxylic acids is 2. The van der Waals surface area contributed by atoms with Gasteiger partial charge < -0.3 is 19.3 Å². The zero-order chi connectivity index (χ0) is 18.4. The number of carbonyl (C=O) groups is 2. The molecule has 0 bridgehead atoms. The third kappa shape index (κ3) is 4.91. The Morgan fingerprint density at radius 2 is 1.50 bits per heavy atom. The van der Waals surface area contributed by atoms with Crippen LogP contribution in [0.15, 0.2) is 60.7 Å². The van der Waals surface area contributed by atoms with Crippen LogP contribution in [0.25, 0.3) is 0 Å². The molecule has 0 spiro atoms. The lowest BCUT2D eigenvalue weighted by Crippen LogP contribution is -2.40. The highest BCUT2D eigenvalue weighted by molar-refractivity contribution is 5.89. The van der Waals surface area contributed by atoms with Gasteiger partial charge in [0.2, 0.25) is 0 Å². The fourth-order valence-electron chi connectivity index (χ4n) is 2.77. The summed E-state index contributed by atoms with van der Waals surface area (Å²) in [5.74, 6) is -0.920. The smallest absolute Gasteiger partial charge is 0.338 e. The minimum Gasteiger partial charge on any atom is -0.459 e. The molecule has 3 unspecified atom stereocenters. The predicted molar refractivity (Wildman–Crippen MR) is 92.5 cm³/mol. The van der Waals surface area contributed by atoms with Gasteiger partial charge in [-0.15, -0.1) is 0 Å². The van der Waals surface area contributed by atoms with E-state index in [1.165, 1.54) is 0 Å². The molecule has 1 heterocycles. The van der Waals surface area contributed by atoms with Gasteiger partial charge in [0.1, 0.15) is 12.7 Å². The summed E-state index contributed by atoms with van der Waals surface area (Å²) >= 11 is 0. The Bertz CT molecular complexity index is 730. The molecule has 0 amide bonds. The number of aliphatic hydroxyl groups excluding tert-OH is 1. The minimum atomic E-state index is -1.07. The number of hydrogen-bond acceptors (Lipinski definition) is 6. The summed E-state index contributed by atoms with van der Waals surface area (Å²) in [5.41, 5.74) is 0.886. The van der Waals surface area contributed by atoms with Crippen LogP contribution in [0.4, 0.5) is 0 Å². The second-order valence-corrected chi connectivity index (χ2v) is 6.04.